The molecule has 0 saturated carbocycles. The summed E-state index contributed by atoms with van der Waals surface area (Å²) >= 11 is 0. The Morgan fingerprint density at radius 3 is 2.32 bits per heavy atom. The Morgan fingerprint density at radius 1 is 1.21 bits per heavy atom. The van der Waals surface area contributed by atoms with Gasteiger partial charge in [-0.3, -0.25) is 5.32 Å². The topological polar surface area (TPSA) is 56.8 Å². The van der Waals surface area contributed by atoms with Crippen molar-refractivity contribution in [2.24, 2.45) is 0 Å². The first-order chi connectivity index (χ1) is 9.05. The molecule has 1 aromatic rings. The summed E-state index contributed by atoms with van der Waals surface area (Å²) in [6, 6.07) is 7.64. The summed E-state index contributed by atoms with van der Waals surface area (Å²) in [6.45, 7) is 2.54. The Hall–Kier alpha value is -1.59. The van der Waals surface area contributed by atoms with E-state index >= 15 is 0 Å². The lowest BCUT2D eigenvalue weighted by molar-refractivity contribution is -0.150. The van der Waals surface area contributed by atoms with Crippen molar-refractivity contribution in [1.29, 1.82) is 0 Å². The standard InChI is InChI=1S/C14H21NO4/c1-14(10-17-2,13(16)19-4)15-9-11-5-7-12(18-3)8-6-11/h5-8,15H,9-10H2,1-4H3/t14-/m1/s1. The summed E-state index contributed by atoms with van der Waals surface area (Å²) < 4.78 is 15.0. The molecule has 19 heavy (non-hydrogen) atoms. The first-order valence-corrected chi connectivity index (χ1v) is 6.01. The number of carbonyl (C=O) groups excluding carboxylic acids is 1. The molecule has 0 fully saturated rings. The molecule has 106 valence electrons. The van der Waals surface area contributed by atoms with Gasteiger partial charge >= 0.3 is 5.97 Å². The van der Waals surface area contributed by atoms with E-state index in [-0.39, 0.29) is 12.6 Å². The molecule has 0 radical (unpaired) electrons. The average Bonchev–Trinajstić information content (AvgIpc) is 2.45. The quantitative estimate of drug-likeness (QED) is 0.756. The Morgan fingerprint density at radius 2 is 1.84 bits per heavy atom. The maximum Gasteiger partial charge on any atom is 0.328 e. The molecule has 0 aliphatic carbocycles. The molecule has 0 saturated heterocycles. The van der Waals surface area contributed by atoms with Gasteiger partial charge in [0.05, 0.1) is 20.8 Å². The molecule has 5 heteroatoms. The predicted molar refractivity (Wildman–Crippen MR) is 72.1 cm³/mol. The normalized spacial score (nSPS) is 13.7. The van der Waals surface area contributed by atoms with Crippen molar-refractivity contribution < 1.29 is 19.0 Å². The molecule has 0 unspecified atom stereocenters. The van der Waals surface area contributed by atoms with Crippen molar-refractivity contribution in [2.45, 2.75) is 19.0 Å². The Kier molecular flexibility index (Phi) is 5.79. The predicted octanol–water partition coefficient (Wildman–Crippen LogP) is 1.36. The fourth-order valence-corrected chi connectivity index (χ4v) is 1.74. The average molecular weight is 267 g/mol. The molecule has 1 rings (SSSR count). The zero-order valence-corrected chi connectivity index (χ0v) is 11.9. The SMILES string of the molecule is COC[C@@](C)(NCc1ccc(OC)cc1)C(=O)OC. The number of hydrogen-bond donors (Lipinski definition) is 1. The van der Waals surface area contributed by atoms with Crippen molar-refractivity contribution >= 4 is 5.97 Å². The van der Waals surface area contributed by atoms with E-state index in [9.17, 15) is 4.79 Å². The van der Waals surface area contributed by atoms with Gasteiger partial charge in [0.1, 0.15) is 11.3 Å². The summed E-state index contributed by atoms with van der Waals surface area (Å²) in [5.41, 5.74) is 0.190. The van der Waals surface area contributed by atoms with Gasteiger partial charge < -0.3 is 14.2 Å². The summed E-state index contributed by atoms with van der Waals surface area (Å²) in [6.07, 6.45) is 0. The largest absolute Gasteiger partial charge is 0.497 e. The van der Waals surface area contributed by atoms with Gasteiger partial charge in [-0.05, 0) is 24.6 Å². The molecule has 0 aliphatic heterocycles. The first kappa shape index (κ1) is 15.5. The molecule has 1 N–H and O–H groups in total. The number of ether oxygens (including phenoxy) is 3. The number of nitrogens with one attached hydrogen (secondary N) is 1. The highest BCUT2D eigenvalue weighted by molar-refractivity contribution is 5.80. The van der Waals surface area contributed by atoms with Gasteiger partial charge in [-0.2, -0.15) is 0 Å². The third-order valence-corrected chi connectivity index (χ3v) is 2.91. The van der Waals surface area contributed by atoms with Crippen molar-refractivity contribution in [3.8, 4) is 5.75 Å². The van der Waals surface area contributed by atoms with Gasteiger partial charge in [-0.15, -0.1) is 0 Å². The summed E-state index contributed by atoms with van der Waals surface area (Å²) in [5.74, 6) is 0.458. The van der Waals surface area contributed by atoms with E-state index < -0.39 is 5.54 Å². The number of carbonyl (C=O) groups is 1. The van der Waals surface area contributed by atoms with Gasteiger partial charge in [0.15, 0.2) is 0 Å². The Balaban J connectivity index is 2.67. The van der Waals surface area contributed by atoms with Gasteiger partial charge in [0.2, 0.25) is 0 Å². The van der Waals surface area contributed by atoms with Gasteiger partial charge in [0, 0.05) is 13.7 Å². The number of benzene rings is 1. The molecule has 0 aromatic heterocycles. The van der Waals surface area contributed by atoms with E-state index in [1.807, 2.05) is 24.3 Å². The van der Waals surface area contributed by atoms with Crippen LogP contribution in [0.4, 0.5) is 0 Å². The zero-order chi connectivity index (χ0) is 14.3. The second-order valence-electron chi connectivity index (χ2n) is 4.46. The van der Waals surface area contributed by atoms with E-state index in [0.717, 1.165) is 11.3 Å². The second-order valence-corrected chi connectivity index (χ2v) is 4.46. The van der Waals surface area contributed by atoms with Crippen molar-refractivity contribution in [3.63, 3.8) is 0 Å². The van der Waals surface area contributed by atoms with Gasteiger partial charge in [-0.1, -0.05) is 12.1 Å². The Bertz CT molecular complexity index is 404. The number of hydrogen-bond acceptors (Lipinski definition) is 5. The molecule has 1 atom stereocenters. The van der Waals surface area contributed by atoms with Crippen molar-refractivity contribution in [3.05, 3.63) is 29.8 Å². The minimum atomic E-state index is -0.858. The maximum absolute atomic E-state index is 11.8. The lowest BCUT2D eigenvalue weighted by Gasteiger charge is -2.27. The highest BCUT2D eigenvalue weighted by Gasteiger charge is 2.33. The smallest absolute Gasteiger partial charge is 0.328 e. The maximum atomic E-state index is 11.8. The number of rotatable bonds is 7. The van der Waals surface area contributed by atoms with Crippen LogP contribution in [-0.4, -0.2) is 39.4 Å². The lowest BCUT2D eigenvalue weighted by atomic mass is 10.0. The van der Waals surface area contributed by atoms with Crippen LogP contribution < -0.4 is 10.1 Å². The molecular formula is C14H21NO4. The monoisotopic (exact) mass is 267 g/mol. The third-order valence-electron chi connectivity index (χ3n) is 2.91. The van der Waals surface area contributed by atoms with E-state index in [1.165, 1.54) is 7.11 Å². The van der Waals surface area contributed by atoms with Crippen LogP contribution in [0, 0.1) is 0 Å². The minimum absolute atomic E-state index is 0.246. The second kappa shape index (κ2) is 7.11. The van der Waals surface area contributed by atoms with Crippen molar-refractivity contribution in [2.75, 3.05) is 27.9 Å². The number of esters is 1. The molecular weight excluding hydrogens is 246 g/mol. The van der Waals surface area contributed by atoms with Crippen LogP contribution in [0.3, 0.4) is 0 Å². The van der Waals surface area contributed by atoms with Crippen LogP contribution in [0.1, 0.15) is 12.5 Å². The summed E-state index contributed by atoms with van der Waals surface area (Å²) in [4.78, 5) is 11.8. The lowest BCUT2D eigenvalue weighted by Crippen LogP contribution is -2.53. The fourth-order valence-electron chi connectivity index (χ4n) is 1.74. The molecule has 5 nitrogen and oxygen atoms in total. The van der Waals surface area contributed by atoms with Crippen molar-refractivity contribution in [1.82, 2.24) is 5.32 Å². The van der Waals surface area contributed by atoms with E-state index in [0.29, 0.717) is 6.54 Å². The first-order valence-electron chi connectivity index (χ1n) is 6.01. The molecule has 0 heterocycles. The minimum Gasteiger partial charge on any atom is -0.497 e. The molecule has 1 aromatic carbocycles. The highest BCUT2D eigenvalue weighted by Crippen LogP contribution is 2.13. The number of methoxy groups -OCH3 is 3. The third kappa shape index (κ3) is 4.22. The van der Waals surface area contributed by atoms with E-state index in [1.54, 1.807) is 21.1 Å². The van der Waals surface area contributed by atoms with Crippen LogP contribution in [0.25, 0.3) is 0 Å². The van der Waals surface area contributed by atoms with Crippen LogP contribution in [0.2, 0.25) is 0 Å². The molecule has 0 bridgehead atoms. The van der Waals surface area contributed by atoms with Crippen LogP contribution in [0.5, 0.6) is 5.75 Å². The van der Waals surface area contributed by atoms with E-state index in [4.69, 9.17) is 14.2 Å². The van der Waals surface area contributed by atoms with Gasteiger partial charge in [0.25, 0.3) is 0 Å². The van der Waals surface area contributed by atoms with Crippen LogP contribution >= 0.6 is 0 Å². The summed E-state index contributed by atoms with van der Waals surface area (Å²) in [5, 5.41) is 3.16. The summed E-state index contributed by atoms with van der Waals surface area (Å²) in [7, 11) is 4.54. The molecule has 0 amide bonds. The van der Waals surface area contributed by atoms with E-state index in [2.05, 4.69) is 5.32 Å². The van der Waals surface area contributed by atoms with Gasteiger partial charge in [-0.25, -0.2) is 4.79 Å². The highest BCUT2D eigenvalue weighted by atomic mass is 16.5. The molecule has 0 spiro atoms. The van der Waals surface area contributed by atoms with Crippen LogP contribution in [0.15, 0.2) is 24.3 Å². The molecule has 0 aliphatic rings. The Labute approximate surface area is 113 Å². The zero-order valence-electron chi connectivity index (χ0n) is 11.9. The van der Waals surface area contributed by atoms with Crippen LogP contribution in [-0.2, 0) is 20.8 Å². The fraction of sp³-hybridized carbons (Fsp3) is 0.500.